The summed E-state index contributed by atoms with van der Waals surface area (Å²) in [5.41, 5.74) is 1.92. The van der Waals surface area contributed by atoms with Crippen LogP contribution in [0, 0.1) is 18.8 Å². The molecule has 0 N–H and O–H groups in total. The third-order valence-corrected chi connectivity index (χ3v) is 5.14. The van der Waals surface area contributed by atoms with Crippen molar-refractivity contribution in [3.05, 3.63) is 29.8 Å². The Morgan fingerprint density at radius 3 is 2.77 bits per heavy atom. The van der Waals surface area contributed by atoms with Crippen LogP contribution >= 0.6 is 0 Å². The summed E-state index contributed by atoms with van der Waals surface area (Å²) in [6, 6.07) is 7.76. The molecule has 2 amide bonds. The lowest BCUT2D eigenvalue weighted by Crippen LogP contribution is -2.45. The zero-order chi connectivity index (χ0) is 18.7. The molecule has 1 aromatic rings. The zero-order valence-electron chi connectivity index (χ0n) is 15.4. The lowest BCUT2D eigenvalue weighted by atomic mass is 9.96. The Bertz CT molecular complexity index is 703. The number of hydrogen-bond acceptors (Lipinski definition) is 4. The van der Waals surface area contributed by atoms with Gasteiger partial charge in [0.05, 0.1) is 18.4 Å². The number of nitrogens with zero attached hydrogens (tertiary/aromatic N) is 2. The molecule has 0 saturated carbocycles. The minimum Gasteiger partial charge on any atom is -0.466 e. The van der Waals surface area contributed by atoms with Gasteiger partial charge in [-0.15, -0.1) is 0 Å². The van der Waals surface area contributed by atoms with Crippen LogP contribution in [0.15, 0.2) is 24.3 Å². The van der Waals surface area contributed by atoms with E-state index in [-0.39, 0.29) is 36.0 Å². The van der Waals surface area contributed by atoms with Crippen LogP contribution in [0.2, 0.25) is 0 Å². The standard InChI is InChI=1S/C20H26N2O4/c1-3-26-20(25)15-7-5-9-21(12-15)19(24)16-11-18(23)22(13-16)17-8-4-6-14(2)10-17/h4,6,8,10,15-16H,3,5,7,9,11-13H2,1-2H3/t15-,16+/m0/s1. The van der Waals surface area contributed by atoms with E-state index in [4.69, 9.17) is 4.74 Å². The van der Waals surface area contributed by atoms with Crippen molar-refractivity contribution >= 4 is 23.5 Å². The third kappa shape index (κ3) is 3.89. The number of hydrogen-bond donors (Lipinski definition) is 0. The second-order valence-corrected chi connectivity index (χ2v) is 7.12. The van der Waals surface area contributed by atoms with E-state index in [0.717, 1.165) is 24.1 Å². The number of likely N-dealkylation sites (tertiary alicyclic amines) is 1. The highest BCUT2D eigenvalue weighted by molar-refractivity contribution is 6.00. The van der Waals surface area contributed by atoms with Crippen LogP contribution in [0.25, 0.3) is 0 Å². The second kappa shape index (κ2) is 7.89. The van der Waals surface area contributed by atoms with E-state index in [1.807, 2.05) is 31.2 Å². The first-order chi connectivity index (χ1) is 12.5. The average Bonchev–Trinajstić information content (AvgIpc) is 3.03. The molecular formula is C20H26N2O4. The molecule has 6 nitrogen and oxygen atoms in total. The fraction of sp³-hybridized carbons (Fsp3) is 0.550. The van der Waals surface area contributed by atoms with Gasteiger partial charge in [0.25, 0.3) is 0 Å². The molecule has 0 aromatic heterocycles. The first kappa shape index (κ1) is 18.4. The number of piperidine rings is 1. The molecule has 2 atom stereocenters. The predicted molar refractivity (Wildman–Crippen MR) is 97.6 cm³/mol. The van der Waals surface area contributed by atoms with E-state index in [1.54, 1.807) is 16.7 Å². The normalized spacial score (nSPS) is 23.2. The van der Waals surface area contributed by atoms with Crippen LogP contribution in [0.5, 0.6) is 0 Å². The van der Waals surface area contributed by atoms with E-state index in [2.05, 4.69) is 0 Å². The van der Waals surface area contributed by atoms with Crippen molar-refractivity contribution in [1.82, 2.24) is 4.90 Å². The summed E-state index contributed by atoms with van der Waals surface area (Å²) >= 11 is 0. The summed E-state index contributed by atoms with van der Waals surface area (Å²) in [6.07, 6.45) is 1.77. The maximum atomic E-state index is 12.9. The van der Waals surface area contributed by atoms with Gasteiger partial charge in [-0.25, -0.2) is 0 Å². The molecule has 2 aliphatic rings. The molecule has 0 bridgehead atoms. The van der Waals surface area contributed by atoms with E-state index >= 15 is 0 Å². The summed E-state index contributed by atoms with van der Waals surface area (Å²) in [5, 5.41) is 0. The second-order valence-electron chi connectivity index (χ2n) is 7.12. The fourth-order valence-corrected chi connectivity index (χ4v) is 3.81. The Morgan fingerprint density at radius 2 is 2.04 bits per heavy atom. The van der Waals surface area contributed by atoms with Crippen molar-refractivity contribution in [3.8, 4) is 0 Å². The molecule has 0 aliphatic carbocycles. The molecular weight excluding hydrogens is 332 g/mol. The van der Waals surface area contributed by atoms with E-state index < -0.39 is 0 Å². The lowest BCUT2D eigenvalue weighted by molar-refractivity contribution is -0.152. The van der Waals surface area contributed by atoms with Crippen LogP contribution in [0.3, 0.4) is 0 Å². The number of aryl methyl sites for hydroxylation is 1. The third-order valence-electron chi connectivity index (χ3n) is 5.14. The summed E-state index contributed by atoms with van der Waals surface area (Å²) in [5.74, 6) is -0.870. The topological polar surface area (TPSA) is 66.9 Å². The highest BCUT2D eigenvalue weighted by Gasteiger charge is 2.39. The predicted octanol–water partition coefficient (Wildman–Crippen LogP) is 2.15. The van der Waals surface area contributed by atoms with Crippen LogP contribution in [0.4, 0.5) is 5.69 Å². The van der Waals surface area contributed by atoms with Crippen LogP contribution < -0.4 is 4.90 Å². The smallest absolute Gasteiger partial charge is 0.310 e. The Hall–Kier alpha value is -2.37. The van der Waals surface area contributed by atoms with Crippen molar-refractivity contribution in [2.24, 2.45) is 11.8 Å². The molecule has 2 aliphatic heterocycles. The van der Waals surface area contributed by atoms with Crippen molar-refractivity contribution in [3.63, 3.8) is 0 Å². The van der Waals surface area contributed by atoms with Gasteiger partial charge in [0.2, 0.25) is 11.8 Å². The molecule has 2 saturated heterocycles. The average molecular weight is 358 g/mol. The van der Waals surface area contributed by atoms with Crippen molar-refractivity contribution in [1.29, 1.82) is 0 Å². The lowest BCUT2D eigenvalue weighted by Gasteiger charge is -2.33. The zero-order valence-corrected chi connectivity index (χ0v) is 15.4. The molecule has 1 aromatic carbocycles. The largest absolute Gasteiger partial charge is 0.466 e. The van der Waals surface area contributed by atoms with Gasteiger partial charge in [-0.3, -0.25) is 14.4 Å². The molecule has 2 fully saturated rings. The molecule has 6 heteroatoms. The first-order valence-corrected chi connectivity index (χ1v) is 9.32. The monoisotopic (exact) mass is 358 g/mol. The van der Waals surface area contributed by atoms with Gasteiger partial charge < -0.3 is 14.5 Å². The molecule has 26 heavy (non-hydrogen) atoms. The number of esters is 1. The number of benzene rings is 1. The van der Waals surface area contributed by atoms with Crippen LogP contribution in [-0.2, 0) is 19.1 Å². The number of rotatable bonds is 4. The van der Waals surface area contributed by atoms with Crippen molar-refractivity contribution < 1.29 is 19.1 Å². The molecule has 140 valence electrons. The fourth-order valence-electron chi connectivity index (χ4n) is 3.81. The van der Waals surface area contributed by atoms with E-state index in [0.29, 0.717) is 26.2 Å². The maximum absolute atomic E-state index is 12.9. The summed E-state index contributed by atoms with van der Waals surface area (Å²) in [7, 11) is 0. The van der Waals surface area contributed by atoms with Crippen molar-refractivity contribution in [2.75, 3.05) is 31.1 Å². The van der Waals surface area contributed by atoms with Gasteiger partial charge in [0.1, 0.15) is 0 Å². The van der Waals surface area contributed by atoms with Crippen LogP contribution in [-0.4, -0.2) is 48.9 Å². The highest BCUT2D eigenvalue weighted by Crippen LogP contribution is 2.28. The number of carbonyl (C=O) groups is 3. The molecule has 3 rings (SSSR count). The SMILES string of the molecule is CCOC(=O)[C@H]1CCCN(C(=O)[C@@H]2CC(=O)N(c3cccc(C)c3)C2)C1. The number of ether oxygens (including phenoxy) is 1. The summed E-state index contributed by atoms with van der Waals surface area (Å²) in [6.45, 7) is 5.56. The molecule has 0 radical (unpaired) electrons. The van der Waals surface area contributed by atoms with Crippen molar-refractivity contribution in [2.45, 2.75) is 33.1 Å². The molecule has 0 spiro atoms. The van der Waals surface area contributed by atoms with Gasteiger partial charge in [-0.1, -0.05) is 12.1 Å². The molecule has 2 heterocycles. The highest BCUT2D eigenvalue weighted by atomic mass is 16.5. The Balaban J connectivity index is 1.65. The number of amides is 2. The maximum Gasteiger partial charge on any atom is 0.310 e. The Labute approximate surface area is 154 Å². The van der Waals surface area contributed by atoms with Gasteiger partial charge in [0.15, 0.2) is 0 Å². The van der Waals surface area contributed by atoms with E-state index in [9.17, 15) is 14.4 Å². The van der Waals surface area contributed by atoms with Gasteiger partial charge in [0, 0.05) is 31.7 Å². The number of carbonyl (C=O) groups excluding carboxylic acids is 3. The van der Waals surface area contributed by atoms with Gasteiger partial charge in [-0.05, 0) is 44.4 Å². The summed E-state index contributed by atoms with van der Waals surface area (Å²) < 4.78 is 5.10. The number of anilines is 1. The van der Waals surface area contributed by atoms with Gasteiger partial charge >= 0.3 is 5.97 Å². The van der Waals surface area contributed by atoms with E-state index in [1.165, 1.54) is 0 Å². The molecule has 0 unspecified atom stereocenters. The minimum atomic E-state index is -0.344. The Morgan fingerprint density at radius 1 is 1.23 bits per heavy atom. The van der Waals surface area contributed by atoms with Gasteiger partial charge in [-0.2, -0.15) is 0 Å². The Kier molecular flexibility index (Phi) is 5.59. The quantitative estimate of drug-likeness (QED) is 0.774. The first-order valence-electron chi connectivity index (χ1n) is 9.32. The summed E-state index contributed by atoms with van der Waals surface area (Å²) in [4.78, 5) is 40.8. The van der Waals surface area contributed by atoms with Crippen LogP contribution in [0.1, 0.15) is 31.7 Å². The minimum absolute atomic E-state index is 0.0205.